The van der Waals surface area contributed by atoms with Gasteiger partial charge in [0.25, 0.3) is 0 Å². The summed E-state index contributed by atoms with van der Waals surface area (Å²) in [6.45, 7) is 2.10. The Kier molecular flexibility index (Phi) is 3.71. The van der Waals surface area contributed by atoms with E-state index in [9.17, 15) is 0 Å². The van der Waals surface area contributed by atoms with Crippen molar-refractivity contribution in [3.63, 3.8) is 0 Å². The number of hydrogen-bond donors (Lipinski definition) is 2. The minimum atomic E-state index is 0.446. The summed E-state index contributed by atoms with van der Waals surface area (Å²) in [5.41, 5.74) is 1.95. The lowest BCUT2D eigenvalue weighted by atomic mass is 10.1. The van der Waals surface area contributed by atoms with Crippen LogP contribution in [0.1, 0.15) is 12.8 Å². The molecule has 1 aromatic carbocycles. The summed E-state index contributed by atoms with van der Waals surface area (Å²) >= 11 is 6.32. The molecule has 0 radical (unpaired) electrons. The summed E-state index contributed by atoms with van der Waals surface area (Å²) < 4.78 is 1.81. The highest BCUT2D eigenvalue weighted by atomic mass is 35.5. The van der Waals surface area contributed by atoms with E-state index >= 15 is 0 Å². The number of piperidine rings is 1. The van der Waals surface area contributed by atoms with Gasteiger partial charge >= 0.3 is 0 Å². The van der Waals surface area contributed by atoms with Crippen LogP contribution in [0.25, 0.3) is 5.69 Å². The van der Waals surface area contributed by atoms with E-state index in [1.807, 2.05) is 24.4 Å². The number of hydrogen-bond acceptors (Lipinski definition) is 3. The predicted molar refractivity (Wildman–Crippen MR) is 78.1 cm³/mol. The second-order valence-corrected chi connectivity index (χ2v) is 5.18. The monoisotopic (exact) mass is 276 g/mol. The van der Waals surface area contributed by atoms with Crippen LogP contribution in [-0.2, 0) is 0 Å². The minimum absolute atomic E-state index is 0.446. The molecule has 1 saturated heterocycles. The number of halogens is 1. The Hall–Kier alpha value is -1.52. The van der Waals surface area contributed by atoms with Crippen LogP contribution in [0, 0.1) is 0 Å². The van der Waals surface area contributed by atoms with Gasteiger partial charge in [0.1, 0.15) is 5.69 Å². The maximum atomic E-state index is 6.32. The third-order valence-corrected chi connectivity index (χ3v) is 3.68. The lowest BCUT2D eigenvalue weighted by Crippen LogP contribution is -2.38. The standard InChI is InChI=1S/C14H17ClN4/c15-12-5-1-6-13(14(12)19-9-3-8-17-19)18-11-4-2-7-16-10-11/h1,3,5-6,8-9,11,16,18H,2,4,7,10H2. The zero-order valence-corrected chi connectivity index (χ0v) is 11.4. The first-order valence-corrected chi connectivity index (χ1v) is 6.98. The molecule has 2 heterocycles. The van der Waals surface area contributed by atoms with Crippen LogP contribution in [0.5, 0.6) is 0 Å². The van der Waals surface area contributed by atoms with Gasteiger partial charge in [-0.2, -0.15) is 5.10 Å². The number of benzene rings is 1. The Morgan fingerprint density at radius 3 is 3.05 bits per heavy atom. The lowest BCUT2D eigenvalue weighted by molar-refractivity contribution is 0.479. The van der Waals surface area contributed by atoms with Gasteiger partial charge in [0.2, 0.25) is 0 Å². The van der Waals surface area contributed by atoms with Crippen molar-refractivity contribution in [2.75, 3.05) is 18.4 Å². The number of anilines is 1. The van der Waals surface area contributed by atoms with E-state index in [4.69, 9.17) is 11.6 Å². The van der Waals surface area contributed by atoms with Crippen LogP contribution in [0.2, 0.25) is 5.02 Å². The first-order valence-electron chi connectivity index (χ1n) is 6.60. The van der Waals surface area contributed by atoms with Crippen molar-refractivity contribution in [2.24, 2.45) is 0 Å². The molecule has 1 unspecified atom stereocenters. The molecule has 1 atom stereocenters. The molecule has 1 fully saturated rings. The van der Waals surface area contributed by atoms with Gasteiger partial charge in [-0.25, -0.2) is 4.68 Å². The molecule has 0 saturated carbocycles. The van der Waals surface area contributed by atoms with E-state index in [1.54, 1.807) is 10.9 Å². The van der Waals surface area contributed by atoms with Gasteiger partial charge in [-0.05, 0) is 37.6 Å². The van der Waals surface area contributed by atoms with Gasteiger partial charge in [-0.15, -0.1) is 0 Å². The molecule has 4 nitrogen and oxygen atoms in total. The summed E-state index contributed by atoms with van der Waals surface area (Å²) in [6.07, 6.45) is 6.05. The van der Waals surface area contributed by atoms with Gasteiger partial charge < -0.3 is 10.6 Å². The van der Waals surface area contributed by atoms with Crippen LogP contribution in [0.15, 0.2) is 36.7 Å². The van der Waals surface area contributed by atoms with Gasteiger partial charge in [0.15, 0.2) is 0 Å². The molecule has 1 aliphatic rings. The van der Waals surface area contributed by atoms with Crippen molar-refractivity contribution in [3.05, 3.63) is 41.7 Å². The van der Waals surface area contributed by atoms with E-state index in [1.165, 1.54) is 12.8 Å². The van der Waals surface area contributed by atoms with Crippen molar-refractivity contribution >= 4 is 17.3 Å². The average molecular weight is 277 g/mol. The van der Waals surface area contributed by atoms with Crippen molar-refractivity contribution in [1.82, 2.24) is 15.1 Å². The normalized spacial score (nSPS) is 19.3. The van der Waals surface area contributed by atoms with E-state index in [2.05, 4.69) is 21.8 Å². The minimum Gasteiger partial charge on any atom is -0.379 e. The zero-order valence-electron chi connectivity index (χ0n) is 10.6. The second-order valence-electron chi connectivity index (χ2n) is 4.77. The Morgan fingerprint density at radius 1 is 1.37 bits per heavy atom. The number of aromatic nitrogens is 2. The smallest absolute Gasteiger partial charge is 0.106 e. The molecule has 5 heteroatoms. The number of rotatable bonds is 3. The molecular weight excluding hydrogens is 260 g/mol. The Labute approximate surface area is 117 Å². The first-order chi connectivity index (χ1) is 9.34. The predicted octanol–water partition coefficient (Wildman–Crippen LogP) is 2.69. The van der Waals surface area contributed by atoms with E-state index in [-0.39, 0.29) is 0 Å². The molecule has 0 aliphatic carbocycles. The van der Waals surface area contributed by atoms with Gasteiger partial charge in [-0.1, -0.05) is 17.7 Å². The number of para-hydroxylation sites is 1. The van der Waals surface area contributed by atoms with Crippen molar-refractivity contribution in [3.8, 4) is 5.69 Å². The van der Waals surface area contributed by atoms with Crippen LogP contribution < -0.4 is 10.6 Å². The molecule has 3 rings (SSSR count). The number of nitrogens with one attached hydrogen (secondary N) is 2. The quantitative estimate of drug-likeness (QED) is 0.906. The SMILES string of the molecule is Clc1cccc(NC2CCCNC2)c1-n1cccn1. The molecular formula is C14H17ClN4. The van der Waals surface area contributed by atoms with Crippen molar-refractivity contribution in [2.45, 2.75) is 18.9 Å². The Morgan fingerprint density at radius 2 is 2.32 bits per heavy atom. The molecule has 0 bridgehead atoms. The van der Waals surface area contributed by atoms with Crippen LogP contribution in [0.4, 0.5) is 5.69 Å². The Bertz CT molecular complexity index is 532. The third-order valence-electron chi connectivity index (χ3n) is 3.38. The summed E-state index contributed by atoms with van der Waals surface area (Å²) in [6, 6.07) is 8.25. The molecule has 100 valence electrons. The molecule has 2 aromatic rings. The molecule has 1 aliphatic heterocycles. The van der Waals surface area contributed by atoms with Crippen LogP contribution in [-0.4, -0.2) is 28.9 Å². The highest BCUT2D eigenvalue weighted by Gasteiger charge is 2.16. The fourth-order valence-electron chi connectivity index (χ4n) is 2.46. The molecule has 19 heavy (non-hydrogen) atoms. The second kappa shape index (κ2) is 5.63. The topological polar surface area (TPSA) is 41.9 Å². The first kappa shape index (κ1) is 12.5. The lowest BCUT2D eigenvalue weighted by Gasteiger charge is -2.26. The number of nitrogens with zero attached hydrogens (tertiary/aromatic N) is 2. The third kappa shape index (κ3) is 2.74. The summed E-state index contributed by atoms with van der Waals surface area (Å²) in [5.74, 6) is 0. The van der Waals surface area contributed by atoms with E-state index in [0.717, 1.165) is 24.5 Å². The van der Waals surface area contributed by atoms with Crippen molar-refractivity contribution < 1.29 is 0 Å². The molecule has 0 amide bonds. The highest BCUT2D eigenvalue weighted by Crippen LogP contribution is 2.29. The zero-order chi connectivity index (χ0) is 13.1. The molecule has 0 spiro atoms. The van der Waals surface area contributed by atoms with Gasteiger partial charge in [0.05, 0.1) is 10.7 Å². The average Bonchev–Trinajstić information content (AvgIpc) is 2.94. The van der Waals surface area contributed by atoms with Crippen LogP contribution >= 0.6 is 11.6 Å². The summed E-state index contributed by atoms with van der Waals surface area (Å²) in [4.78, 5) is 0. The maximum Gasteiger partial charge on any atom is 0.106 e. The largest absolute Gasteiger partial charge is 0.379 e. The molecule has 1 aromatic heterocycles. The van der Waals surface area contributed by atoms with Gasteiger partial charge in [0, 0.05) is 25.0 Å². The fraction of sp³-hybridized carbons (Fsp3) is 0.357. The van der Waals surface area contributed by atoms with Crippen LogP contribution in [0.3, 0.4) is 0 Å². The maximum absolute atomic E-state index is 6.32. The highest BCUT2D eigenvalue weighted by molar-refractivity contribution is 6.33. The fourth-order valence-corrected chi connectivity index (χ4v) is 2.72. The molecule has 2 N–H and O–H groups in total. The van der Waals surface area contributed by atoms with Gasteiger partial charge in [-0.3, -0.25) is 0 Å². The van der Waals surface area contributed by atoms with E-state index in [0.29, 0.717) is 11.1 Å². The van der Waals surface area contributed by atoms with Crippen molar-refractivity contribution in [1.29, 1.82) is 0 Å². The Balaban J connectivity index is 1.90. The summed E-state index contributed by atoms with van der Waals surface area (Å²) in [7, 11) is 0. The van der Waals surface area contributed by atoms with E-state index < -0.39 is 0 Å². The summed E-state index contributed by atoms with van der Waals surface area (Å²) in [5, 5.41) is 12.0.